The second kappa shape index (κ2) is 15.0. The van der Waals surface area contributed by atoms with Gasteiger partial charge in [-0.25, -0.2) is 4.98 Å². The summed E-state index contributed by atoms with van der Waals surface area (Å²) in [4.78, 5) is 19.4. The van der Waals surface area contributed by atoms with E-state index in [1.807, 2.05) is 12.1 Å². The van der Waals surface area contributed by atoms with Crippen LogP contribution in [0.5, 0.6) is 5.75 Å². The molecule has 0 saturated heterocycles. The van der Waals surface area contributed by atoms with Crippen molar-refractivity contribution >= 4 is 32.9 Å². The van der Waals surface area contributed by atoms with Gasteiger partial charge >= 0.3 is 0 Å². The van der Waals surface area contributed by atoms with Crippen molar-refractivity contribution in [3.05, 3.63) is 82.3 Å². The van der Waals surface area contributed by atoms with Crippen LogP contribution in [0.15, 0.2) is 71.2 Å². The number of benzene rings is 3. The van der Waals surface area contributed by atoms with Crippen molar-refractivity contribution in [1.29, 1.82) is 0 Å². The van der Waals surface area contributed by atoms with Gasteiger partial charge in [0.2, 0.25) is 5.91 Å². The fourth-order valence-corrected chi connectivity index (χ4v) is 6.26. The summed E-state index contributed by atoms with van der Waals surface area (Å²) in [6, 6.07) is 22.9. The SMILES string of the molecule is CN(C)CCCOc1ccc(-c2nc3cc(C(CC(N)=O)NCC4CCCCC4)ccc3n2Cc2ccc(Br)cc2)cc1. The van der Waals surface area contributed by atoms with E-state index in [2.05, 4.69) is 99.4 Å². The monoisotopic (exact) mass is 645 g/mol. The number of rotatable bonds is 14. The molecule has 1 fully saturated rings. The summed E-state index contributed by atoms with van der Waals surface area (Å²) in [6.07, 6.45) is 7.66. The molecule has 1 amide bonds. The van der Waals surface area contributed by atoms with Crippen LogP contribution in [0.2, 0.25) is 0 Å². The van der Waals surface area contributed by atoms with Crippen LogP contribution in [0.1, 0.15) is 62.1 Å². The minimum Gasteiger partial charge on any atom is -0.494 e. The number of imidazole rings is 1. The summed E-state index contributed by atoms with van der Waals surface area (Å²) in [5.74, 6) is 2.12. The van der Waals surface area contributed by atoms with Crippen LogP contribution in [0.25, 0.3) is 22.4 Å². The van der Waals surface area contributed by atoms with Gasteiger partial charge in [-0.2, -0.15) is 0 Å². The zero-order chi connectivity index (χ0) is 30.2. The third kappa shape index (κ3) is 8.68. The number of halogens is 1. The average molecular weight is 647 g/mol. The Hall–Kier alpha value is -3.20. The third-order valence-corrected chi connectivity index (χ3v) is 8.87. The van der Waals surface area contributed by atoms with Crippen molar-refractivity contribution in [2.45, 2.75) is 57.5 Å². The fraction of sp³-hybridized carbons (Fsp3) is 0.429. The third-order valence-electron chi connectivity index (χ3n) is 8.34. The van der Waals surface area contributed by atoms with Gasteiger partial charge in [0.1, 0.15) is 11.6 Å². The van der Waals surface area contributed by atoms with Gasteiger partial charge in [0, 0.05) is 35.6 Å². The molecule has 1 aromatic heterocycles. The Kier molecular flexibility index (Phi) is 10.9. The Morgan fingerprint density at radius 2 is 1.81 bits per heavy atom. The molecule has 0 radical (unpaired) electrons. The Morgan fingerprint density at radius 3 is 2.51 bits per heavy atom. The van der Waals surface area contributed by atoms with E-state index in [-0.39, 0.29) is 18.4 Å². The summed E-state index contributed by atoms with van der Waals surface area (Å²) >= 11 is 3.55. The molecule has 8 heteroatoms. The molecule has 5 rings (SSSR count). The topological polar surface area (TPSA) is 85.4 Å². The number of nitrogens with one attached hydrogen (secondary N) is 1. The van der Waals surface area contributed by atoms with Crippen LogP contribution < -0.4 is 15.8 Å². The van der Waals surface area contributed by atoms with E-state index in [1.165, 1.54) is 37.7 Å². The smallest absolute Gasteiger partial charge is 0.219 e. The van der Waals surface area contributed by atoms with Crippen molar-refractivity contribution in [2.24, 2.45) is 11.7 Å². The lowest BCUT2D eigenvalue weighted by atomic mass is 9.89. The van der Waals surface area contributed by atoms with Crippen LogP contribution >= 0.6 is 15.9 Å². The number of nitrogens with zero attached hydrogens (tertiary/aromatic N) is 3. The molecular weight excluding hydrogens is 602 g/mol. The molecule has 3 N–H and O–H groups in total. The van der Waals surface area contributed by atoms with Crippen molar-refractivity contribution < 1.29 is 9.53 Å². The van der Waals surface area contributed by atoms with Crippen LogP contribution in [-0.4, -0.2) is 54.1 Å². The van der Waals surface area contributed by atoms with Gasteiger partial charge in [0.15, 0.2) is 0 Å². The van der Waals surface area contributed by atoms with Crippen molar-refractivity contribution in [3.63, 3.8) is 0 Å². The highest BCUT2D eigenvalue weighted by Crippen LogP contribution is 2.31. The molecule has 43 heavy (non-hydrogen) atoms. The molecule has 0 spiro atoms. The van der Waals surface area contributed by atoms with E-state index in [9.17, 15) is 4.79 Å². The minimum atomic E-state index is -0.299. The number of ether oxygens (including phenoxy) is 1. The number of fused-ring (bicyclic) bond motifs is 1. The number of hydrogen-bond acceptors (Lipinski definition) is 5. The van der Waals surface area contributed by atoms with Crippen molar-refractivity contribution in [1.82, 2.24) is 19.8 Å². The van der Waals surface area contributed by atoms with E-state index >= 15 is 0 Å². The maximum atomic E-state index is 12.1. The number of primary amides is 1. The molecule has 1 aliphatic carbocycles. The molecule has 7 nitrogen and oxygen atoms in total. The fourth-order valence-electron chi connectivity index (χ4n) is 6.00. The quantitative estimate of drug-likeness (QED) is 0.145. The number of amides is 1. The van der Waals surface area contributed by atoms with E-state index < -0.39 is 0 Å². The molecule has 3 aromatic carbocycles. The second-order valence-electron chi connectivity index (χ2n) is 12.1. The average Bonchev–Trinajstić information content (AvgIpc) is 3.36. The molecule has 4 aromatic rings. The largest absolute Gasteiger partial charge is 0.494 e. The number of hydrogen-bond donors (Lipinski definition) is 2. The molecule has 228 valence electrons. The maximum Gasteiger partial charge on any atom is 0.219 e. The summed E-state index contributed by atoms with van der Waals surface area (Å²) in [5, 5.41) is 3.68. The molecule has 0 bridgehead atoms. The summed E-state index contributed by atoms with van der Waals surface area (Å²) < 4.78 is 9.31. The minimum absolute atomic E-state index is 0.132. The summed E-state index contributed by atoms with van der Waals surface area (Å²) in [5.41, 5.74) is 10.9. The van der Waals surface area contributed by atoms with Gasteiger partial charge in [-0.05, 0) is 105 Å². The number of carbonyl (C=O) groups is 1. The van der Waals surface area contributed by atoms with Crippen LogP contribution in [-0.2, 0) is 11.3 Å². The Morgan fingerprint density at radius 1 is 1.07 bits per heavy atom. The highest BCUT2D eigenvalue weighted by Gasteiger charge is 2.21. The standard InChI is InChI=1S/C35H44BrN5O2/c1-40(2)19-6-20-43-30-16-11-27(12-17-30)35-39-32-21-28(31(22-34(37)42)38-23-25-7-4-3-5-8-25)13-18-33(32)41(35)24-26-9-14-29(36)15-10-26/h9-18,21,25,31,38H,3-8,19-20,22-24H2,1-2H3,(H2,37,42). The lowest BCUT2D eigenvalue weighted by Crippen LogP contribution is -2.31. The predicted molar refractivity (Wildman–Crippen MR) is 178 cm³/mol. The van der Waals surface area contributed by atoms with E-state index in [4.69, 9.17) is 15.5 Å². The molecule has 1 heterocycles. The highest BCUT2D eigenvalue weighted by molar-refractivity contribution is 9.10. The van der Waals surface area contributed by atoms with Crippen LogP contribution in [0, 0.1) is 5.92 Å². The Bertz CT molecular complexity index is 1480. The van der Waals surface area contributed by atoms with E-state index in [1.54, 1.807) is 0 Å². The van der Waals surface area contributed by atoms with Crippen molar-refractivity contribution in [3.8, 4) is 17.1 Å². The number of nitrogens with two attached hydrogens (primary N) is 1. The Balaban J connectivity index is 1.43. The van der Waals surface area contributed by atoms with Gasteiger partial charge < -0.3 is 25.3 Å². The molecule has 1 unspecified atom stereocenters. The van der Waals surface area contributed by atoms with Gasteiger partial charge in [0.05, 0.1) is 17.6 Å². The molecular formula is C35H44BrN5O2. The first-order valence-corrected chi connectivity index (χ1v) is 16.3. The molecule has 1 aliphatic rings. The van der Waals surface area contributed by atoms with Gasteiger partial charge in [-0.15, -0.1) is 0 Å². The first kappa shape index (κ1) is 31.2. The van der Waals surface area contributed by atoms with E-state index in [0.717, 1.165) is 57.7 Å². The number of carbonyl (C=O) groups excluding carboxylic acids is 1. The number of aromatic nitrogens is 2. The normalized spacial score (nSPS) is 14.8. The van der Waals surface area contributed by atoms with Crippen LogP contribution in [0.4, 0.5) is 0 Å². The predicted octanol–water partition coefficient (Wildman–Crippen LogP) is 6.93. The summed E-state index contributed by atoms with van der Waals surface area (Å²) in [6.45, 7) is 3.27. The van der Waals surface area contributed by atoms with E-state index in [0.29, 0.717) is 19.1 Å². The summed E-state index contributed by atoms with van der Waals surface area (Å²) in [7, 11) is 4.15. The van der Waals surface area contributed by atoms with Crippen LogP contribution in [0.3, 0.4) is 0 Å². The van der Waals surface area contributed by atoms with Gasteiger partial charge in [-0.3, -0.25) is 4.79 Å². The Labute approximate surface area is 263 Å². The van der Waals surface area contributed by atoms with Crippen molar-refractivity contribution in [2.75, 3.05) is 33.8 Å². The maximum absolute atomic E-state index is 12.1. The molecule has 1 saturated carbocycles. The second-order valence-corrected chi connectivity index (χ2v) is 13.0. The molecule has 1 atom stereocenters. The van der Waals surface area contributed by atoms with Gasteiger partial charge in [-0.1, -0.05) is 53.4 Å². The first-order chi connectivity index (χ1) is 20.9. The lowest BCUT2D eigenvalue weighted by molar-refractivity contribution is -0.118. The first-order valence-electron chi connectivity index (χ1n) is 15.5. The highest BCUT2D eigenvalue weighted by atomic mass is 79.9. The zero-order valence-corrected chi connectivity index (χ0v) is 27.0. The molecule has 0 aliphatic heterocycles. The zero-order valence-electron chi connectivity index (χ0n) is 25.4. The lowest BCUT2D eigenvalue weighted by Gasteiger charge is -2.25. The van der Waals surface area contributed by atoms with Gasteiger partial charge in [0.25, 0.3) is 0 Å².